The summed E-state index contributed by atoms with van der Waals surface area (Å²) in [6.45, 7) is 15.3. The molecule has 36 heavy (non-hydrogen) atoms. The van der Waals surface area contributed by atoms with Crippen LogP contribution in [0.2, 0.25) is 0 Å². The minimum Gasteiger partial charge on any atom is -0.507 e. The van der Waals surface area contributed by atoms with Crippen molar-refractivity contribution in [1.82, 2.24) is 0 Å². The maximum absolute atomic E-state index is 11.3. The summed E-state index contributed by atoms with van der Waals surface area (Å²) in [5.74, 6) is -0.248. The van der Waals surface area contributed by atoms with Gasteiger partial charge in [-0.1, -0.05) is 64.0 Å². The van der Waals surface area contributed by atoms with Gasteiger partial charge in [-0.05, 0) is 68.2 Å². The van der Waals surface area contributed by atoms with E-state index in [9.17, 15) is 15.0 Å². The van der Waals surface area contributed by atoms with Crippen molar-refractivity contribution in [3.8, 4) is 11.5 Å². The minimum atomic E-state index is -0.316. The zero-order valence-corrected chi connectivity index (χ0v) is 22.9. The van der Waals surface area contributed by atoms with Crippen LogP contribution in [0.15, 0.2) is 48.1 Å². The zero-order chi connectivity index (χ0) is 26.7. The molecular weight excluding hydrogens is 452 g/mol. The van der Waals surface area contributed by atoms with E-state index in [0.717, 1.165) is 61.7 Å². The summed E-state index contributed by atoms with van der Waals surface area (Å²) < 4.78 is 10.8. The third-order valence-corrected chi connectivity index (χ3v) is 7.31. The molecule has 3 rings (SSSR count). The van der Waals surface area contributed by atoms with Gasteiger partial charge in [-0.25, -0.2) is 0 Å². The number of carbonyl (C=O) groups excluding carboxylic acids is 1. The van der Waals surface area contributed by atoms with Crippen molar-refractivity contribution in [3.63, 3.8) is 0 Å². The summed E-state index contributed by atoms with van der Waals surface area (Å²) in [5, 5.41) is 22.4. The Kier molecular flexibility index (Phi) is 11.8. The Labute approximate surface area is 217 Å². The summed E-state index contributed by atoms with van der Waals surface area (Å²) in [6, 6.07) is 3.66. The lowest BCUT2D eigenvalue weighted by molar-refractivity contribution is -0.140. The second-order valence-electron chi connectivity index (χ2n) is 9.86. The van der Waals surface area contributed by atoms with Crippen molar-refractivity contribution in [2.24, 2.45) is 5.92 Å². The molecule has 1 aromatic rings. The number of ether oxygens (including phenoxy) is 2. The number of phenolic OH excluding ortho intramolecular Hbond substituents is 2. The van der Waals surface area contributed by atoms with Crippen LogP contribution in [0.3, 0.4) is 0 Å². The Morgan fingerprint density at radius 3 is 2.39 bits per heavy atom. The van der Waals surface area contributed by atoms with Gasteiger partial charge < -0.3 is 19.7 Å². The molecule has 0 bridgehead atoms. The van der Waals surface area contributed by atoms with E-state index in [1.807, 2.05) is 39.0 Å². The van der Waals surface area contributed by atoms with Crippen LogP contribution in [-0.2, 0) is 19.7 Å². The van der Waals surface area contributed by atoms with Gasteiger partial charge in [-0.3, -0.25) is 4.79 Å². The van der Waals surface area contributed by atoms with Crippen LogP contribution >= 0.6 is 0 Å². The average Bonchev–Trinajstić information content (AvgIpc) is 2.86. The lowest BCUT2D eigenvalue weighted by Crippen LogP contribution is -2.32. The standard InChI is InChI=1S/C29H40O5.C2H6/c1-5-6-7-8-11-29(12-14-33-15-13-29)23-17-26(31)28(27(32)18-23)25-16-22(19-34-21(4)30)9-10-24(25)20(2)3;1-2/h8,11,16-18,24-25,31-32H,2,5-7,9-10,12-15,19H2,1,3-4H3;1-2H3/b11-8-;/t24?,25-;/m0./s1. The predicted molar refractivity (Wildman–Crippen MR) is 147 cm³/mol. The molecule has 2 aliphatic rings. The first-order valence-corrected chi connectivity index (χ1v) is 13.6. The van der Waals surface area contributed by atoms with Crippen LogP contribution in [-0.4, -0.2) is 36.0 Å². The smallest absolute Gasteiger partial charge is 0.302 e. The molecule has 1 aliphatic carbocycles. The largest absolute Gasteiger partial charge is 0.507 e. The number of hydrogen-bond donors (Lipinski definition) is 2. The third-order valence-electron chi connectivity index (χ3n) is 7.31. The highest BCUT2D eigenvalue weighted by Crippen LogP contribution is 2.49. The molecular formula is C31H46O5. The quantitative estimate of drug-likeness (QED) is 0.210. The van der Waals surface area contributed by atoms with Crippen molar-refractivity contribution in [1.29, 1.82) is 0 Å². The Morgan fingerprint density at radius 2 is 1.83 bits per heavy atom. The van der Waals surface area contributed by atoms with Crippen LogP contribution in [0, 0.1) is 5.92 Å². The van der Waals surface area contributed by atoms with Gasteiger partial charge in [0.25, 0.3) is 0 Å². The van der Waals surface area contributed by atoms with Crippen molar-refractivity contribution >= 4 is 5.97 Å². The number of esters is 1. The fourth-order valence-electron chi connectivity index (χ4n) is 5.30. The fraction of sp³-hybridized carbons (Fsp3) is 0.581. The third kappa shape index (κ3) is 7.49. The molecule has 5 heteroatoms. The van der Waals surface area contributed by atoms with Crippen LogP contribution in [0.4, 0.5) is 0 Å². The van der Waals surface area contributed by atoms with E-state index in [4.69, 9.17) is 9.47 Å². The molecule has 5 nitrogen and oxygen atoms in total. The maximum Gasteiger partial charge on any atom is 0.302 e. The van der Waals surface area contributed by atoms with Crippen molar-refractivity contribution in [2.75, 3.05) is 19.8 Å². The lowest BCUT2D eigenvalue weighted by Gasteiger charge is -2.36. The van der Waals surface area contributed by atoms with Crippen LogP contribution < -0.4 is 0 Å². The summed E-state index contributed by atoms with van der Waals surface area (Å²) in [7, 11) is 0. The van der Waals surface area contributed by atoms with Gasteiger partial charge in [0, 0.05) is 37.0 Å². The van der Waals surface area contributed by atoms with E-state index in [1.165, 1.54) is 6.92 Å². The Morgan fingerprint density at radius 1 is 1.19 bits per heavy atom. The molecule has 2 N–H and O–H groups in total. The molecule has 2 atom stereocenters. The topological polar surface area (TPSA) is 76.0 Å². The molecule has 200 valence electrons. The van der Waals surface area contributed by atoms with Crippen molar-refractivity contribution in [2.45, 2.75) is 90.9 Å². The summed E-state index contributed by atoms with van der Waals surface area (Å²) >= 11 is 0. The molecule has 0 amide bonds. The van der Waals surface area contributed by atoms with Gasteiger partial charge in [-0.15, -0.1) is 0 Å². The second kappa shape index (κ2) is 14.3. The Bertz CT molecular complexity index is 913. The monoisotopic (exact) mass is 498 g/mol. The molecule has 0 saturated carbocycles. The molecule has 1 fully saturated rings. The molecule has 1 aromatic carbocycles. The van der Waals surface area contributed by atoms with Gasteiger partial charge in [0.2, 0.25) is 0 Å². The highest BCUT2D eigenvalue weighted by Gasteiger charge is 2.36. The van der Waals surface area contributed by atoms with E-state index in [2.05, 4.69) is 25.7 Å². The molecule has 0 aromatic heterocycles. The molecule has 1 unspecified atom stereocenters. The number of hydrogen-bond acceptors (Lipinski definition) is 5. The van der Waals surface area contributed by atoms with Crippen LogP contribution in [0.1, 0.15) is 96.6 Å². The SMILES string of the molecule is C=C(C)C1CCC(COC(C)=O)=C[C@@H]1c1c(O)cc(C2(/C=C\CCCC)CCOCC2)cc1O.CC. The normalized spacial score (nSPS) is 21.3. The minimum absolute atomic E-state index is 0.0923. The zero-order valence-electron chi connectivity index (χ0n) is 22.9. The Hall–Kier alpha value is -2.53. The number of benzene rings is 1. The van der Waals surface area contributed by atoms with E-state index in [-0.39, 0.29) is 41.3 Å². The van der Waals surface area contributed by atoms with E-state index >= 15 is 0 Å². The van der Waals surface area contributed by atoms with Crippen LogP contribution in [0.5, 0.6) is 11.5 Å². The molecule has 1 aliphatic heterocycles. The van der Waals surface area contributed by atoms with Crippen LogP contribution in [0.25, 0.3) is 0 Å². The number of allylic oxidation sites excluding steroid dienone is 4. The number of unbranched alkanes of at least 4 members (excludes halogenated alkanes) is 2. The summed E-state index contributed by atoms with van der Waals surface area (Å²) in [5.41, 5.74) is 3.20. The average molecular weight is 499 g/mol. The highest BCUT2D eigenvalue weighted by molar-refractivity contribution is 5.66. The van der Waals surface area contributed by atoms with E-state index in [0.29, 0.717) is 18.8 Å². The van der Waals surface area contributed by atoms with Crippen molar-refractivity contribution in [3.05, 3.63) is 59.2 Å². The number of rotatable bonds is 9. The number of aromatic hydroxyl groups is 2. The van der Waals surface area contributed by atoms with E-state index in [1.54, 1.807) is 0 Å². The first-order chi connectivity index (χ1) is 17.3. The number of carbonyl (C=O) groups is 1. The number of phenols is 2. The maximum atomic E-state index is 11.3. The predicted octanol–water partition coefficient (Wildman–Crippen LogP) is 7.48. The van der Waals surface area contributed by atoms with Gasteiger partial charge >= 0.3 is 5.97 Å². The van der Waals surface area contributed by atoms with E-state index < -0.39 is 0 Å². The highest BCUT2D eigenvalue weighted by atomic mass is 16.5. The van der Waals surface area contributed by atoms with Gasteiger partial charge in [0.1, 0.15) is 18.1 Å². The molecule has 0 spiro atoms. The Balaban J connectivity index is 0.00000222. The van der Waals surface area contributed by atoms with Gasteiger partial charge in [0.15, 0.2) is 0 Å². The second-order valence-corrected chi connectivity index (χ2v) is 9.86. The summed E-state index contributed by atoms with van der Waals surface area (Å²) in [6.07, 6.45) is 13.1. The first-order valence-electron chi connectivity index (χ1n) is 13.6. The van der Waals surface area contributed by atoms with Gasteiger partial charge in [-0.2, -0.15) is 0 Å². The molecule has 1 heterocycles. The first kappa shape index (κ1) is 29.7. The van der Waals surface area contributed by atoms with Crippen molar-refractivity contribution < 1.29 is 24.5 Å². The summed E-state index contributed by atoms with van der Waals surface area (Å²) in [4.78, 5) is 11.3. The fourth-order valence-corrected chi connectivity index (χ4v) is 5.30. The lowest BCUT2D eigenvalue weighted by atomic mass is 9.71. The van der Waals surface area contributed by atoms with Gasteiger partial charge in [0.05, 0.1) is 0 Å². The molecule has 1 saturated heterocycles. The molecule has 0 radical (unpaired) electrons.